The molecule has 1 saturated heterocycles. The third kappa shape index (κ3) is 3.59. The van der Waals surface area contributed by atoms with Crippen LogP contribution in [-0.2, 0) is 11.8 Å². The molecule has 0 saturated carbocycles. The Hall–Kier alpha value is -1.86. The lowest BCUT2D eigenvalue weighted by atomic mass is 9.58. The van der Waals surface area contributed by atoms with E-state index in [0.29, 0.717) is 34.9 Å². The van der Waals surface area contributed by atoms with Gasteiger partial charge in [0.15, 0.2) is 0 Å². The number of piperidine rings is 1. The van der Waals surface area contributed by atoms with E-state index in [4.69, 9.17) is 21.4 Å². The van der Waals surface area contributed by atoms with Crippen LogP contribution in [-0.4, -0.2) is 58.1 Å². The Balaban J connectivity index is 1.60. The maximum absolute atomic E-state index is 10.1. The summed E-state index contributed by atoms with van der Waals surface area (Å²) in [7, 11) is 2.15. The largest absolute Gasteiger partial charge is 0.508 e. The van der Waals surface area contributed by atoms with Gasteiger partial charge < -0.3 is 25.0 Å². The zero-order valence-corrected chi connectivity index (χ0v) is 17.4. The molecule has 6 nitrogen and oxygen atoms in total. The second kappa shape index (κ2) is 7.76. The van der Waals surface area contributed by atoms with Crippen LogP contribution in [0.4, 0.5) is 0 Å². The van der Waals surface area contributed by atoms with Gasteiger partial charge >= 0.3 is 0 Å². The van der Waals surface area contributed by atoms with Gasteiger partial charge in [-0.2, -0.15) is 0 Å². The van der Waals surface area contributed by atoms with Crippen molar-refractivity contribution in [2.45, 2.75) is 37.3 Å². The van der Waals surface area contributed by atoms with Crippen molar-refractivity contribution in [1.82, 2.24) is 9.88 Å². The fourth-order valence-corrected chi connectivity index (χ4v) is 5.15. The SMILES string of the molecule is CN1CCC2(C)c3cc(O)ccc3CC1C2COc1ncc(C(O)CO)cc1Cl. The zero-order chi connectivity index (χ0) is 20.8. The van der Waals surface area contributed by atoms with E-state index in [-0.39, 0.29) is 17.9 Å². The fourth-order valence-electron chi connectivity index (χ4n) is 4.92. The smallest absolute Gasteiger partial charge is 0.232 e. The van der Waals surface area contributed by atoms with E-state index in [1.54, 1.807) is 12.1 Å². The predicted molar refractivity (Wildman–Crippen MR) is 110 cm³/mol. The third-order valence-corrected chi connectivity index (χ3v) is 7.03. The Labute approximate surface area is 175 Å². The number of likely N-dealkylation sites (tertiary alicyclic amines) is 1. The van der Waals surface area contributed by atoms with Crippen molar-refractivity contribution in [3.8, 4) is 11.6 Å². The standard InChI is InChI=1S/C22H27ClN2O4/c1-22-5-6-25(2)19(8-13-3-4-15(27)9-16(13)22)17(22)12-29-21-18(23)7-14(10-24-21)20(28)11-26/h3-4,7,9-10,17,19-20,26-28H,5-6,8,11-12H2,1-2H3. The molecule has 1 aliphatic carbocycles. The lowest BCUT2D eigenvalue weighted by Crippen LogP contribution is -2.59. The number of aromatic hydroxyl groups is 1. The molecule has 1 aromatic heterocycles. The highest BCUT2D eigenvalue weighted by molar-refractivity contribution is 6.31. The molecular formula is C22H27ClN2O4. The summed E-state index contributed by atoms with van der Waals surface area (Å²) >= 11 is 6.31. The molecule has 156 valence electrons. The Morgan fingerprint density at radius 3 is 2.90 bits per heavy atom. The van der Waals surface area contributed by atoms with Gasteiger partial charge in [0, 0.05) is 29.1 Å². The van der Waals surface area contributed by atoms with Crippen LogP contribution in [0.5, 0.6) is 11.6 Å². The van der Waals surface area contributed by atoms with Crippen LogP contribution in [0.3, 0.4) is 0 Å². The average Bonchev–Trinajstić information content (AvgIpc) is 2.71. The second-order valence-corrected chi connectivity index (χ2v) is 8.84. The Morgan fingerprint density at radius 1 is 1.38 bits per heavy atom. The molecule has 1 aliphatic heterocycles. The van der Waals surface area contributed by atoms with Crippen molar-refractivity contribution in [3.63, 3.8) is 0 Å². The highest BCUT2D eigenvalue weighted by Crippen LogP contribution is 2.49. The number of ether oxygens (including phenoxy) is 1. The lowest BCUT2D eigenvalue weighted by Gasteiger charge is -2.54. The highest BCUT2D eigenvalue weighted by Gasteiger charge is 2.50. The molecular weight excluding hydrogens is 392 g/mol. The van der Waals surface area contributed by atoms with E-state index < -0.39 is 6.10 Å². The van der Waals surface area contributed by atoms with Crippen molar-refractivity contribution in [2.75, 3.05) is 26.8 Å². The minimum Gasteiger partial charge on any atom is -0.508 e. The molecule has 2 heterocycles. The number of benzene rings is 1. The summed E-state index contributed by atoms with van der Waals surface area (Å²) in [5.41, 5.74) is 2.84. The Kier molecular flexibility index (Phi) is 5.46. The van der Waals surface area contributed by atoms with Gasteiger partial charge in [-0.3, -0.25) is 0 Å². The van der Waals surface area contributed by atoms with E-state index in [1.165, 1.54) is 17.3 Å². The average molecular weight is 419 g/mol. The third-order valence-electron chi connectivity index (χ3n) is 6.76. The number of aliphatic hydroxyl groups excluding tert-OH is 2. The summed E-state index contributed by atoms with van der Waals surface area (Å²) in [6, 6.07) is 7.62. The normalized spacial score (nSPS) is 27.3. The summed E-state index contributed by atoms with van der Waals surface area (Å²) in [5, 5.41) is 29.2. The number of likely N-dealkylation sites (N-methyl/N-ethyl adjacent to an activating group) is 1. The maximum atomic E-state index is 10.1. The number of pyridine rings is 1. The number of phenols is 1. The first-order valence-electron chi connectivity index (χ1n) is 9.93. The van der Waals surface area contributed by atoms with Crippen LogP contribution in [0.2, 0.25) is 5.02 Å². The molecule has 0 spiro atoms. The van der Waals surface area contributed by atoms with Gasteiger partial charge in [0.25, 0.3) is 0 Å². The fraction of sp³-hybridized carbons (Fsp3) is 0.500. The number of aromatic nitrogens is 1. The lowest BCUT2D eigenvalue weighted by molar-refractivity contribution is 0.0109. The summed E-state index contributed by atoms with van der Waals surface area (Å²) in [6.45, 7) is 3.32. The molecule has 4 rings (SSSR count). The monoisotopic (exact) mass is 418 g/mol. The number of hydrogen-bond acceptors (Lipinski definition) is 6. The van der Waals surface area contributed by atoms with E-state index in [0.717, 1.165) is 19.4 Å². The molecule has 2 aromatic rings. The molecule has 1 aromatic carbocycles. The quantitative estimate of drug-likeness (QED) is 0.692. The second-order valence-electron chi connectivity index (χ2n) is 8.43. The minimum atomic E-state index is -1.01. The molecule has 0 radical (unpaired) electrons. The summed E-state index contributed by atoms with van der Waals surface area (Å²) < 4.78 is 6.06. The van der Waals surface area contributed by atoms with Gasteiger partial charge in [-0.25, -0.2) is 4.98 Å². The van der Waals surface area contributed by atoms with Gasteiger partial charge in [0.2, 0.25) is 5.88 Å². The van der Waals surface area contributed by atoms with Gasteiger partial charge in [-0.1, -0.05) is 24.6 Å². The molecule has 7 heteroatoms. The zero-order valence-electron chi connectivity index (χ0n) is 16.7. The number of fused-ring (bicyclic) bond motifs is 4. The molecule has 29 heavy (non-hydrogen) atoms. The first kappa shape index (κ1) is 20.4. The van der Waals surface area contributed by atoms with Crippen molar-refractivity contribution in [1.29, 1.82) is 0 Å². The van der Waals surface area contributed by atoms with E-state index in [1.807, 2.05) is 12.1 Å². The number of nitrogens with zero attached hydrogens (tertiary/aromatic N) is 2. The van der Waals surface area contributed by atoms with Crippen LogP contribution in [0.25, 0.3) is 0 Å². The van der Waals surface area contributed by atoms with E-state index in [9.17, 15) is 10.2 Å². The molecule has 1 fully saturated rings. The van der Waals surface area contributed by atoms with Gasteiger partial charge in [-0.05, 0) is 55.8 Å². The number of phenolic OH excluding ortho intramolecular Hbond substituents is 1. The number of hydrogen-bond donors (Lipinski definition) is 3. The number of aliphatic hydroxyl groups is 2. The summed E-state index contributed by atoms with van der Waals surface area (Å²) in [5.74, 6) is 0.840. The van der Waals surface area contributed by atoms with E-state index in [2.05, 4.69) is 23.9 Å². The van der Waals surface area contributed by atoms with Gasteiger partial charge in [0.05, 0.1) is 13.2 Å². The van der Waals surface area contributed by atoms with Crippen LogP contribution < -0.4 is 4.74 Å². The van der Waals surface area contributed by atoms with Crippen LogP contribution in [0.15, 0.2) is 30.5 Å². The highest BCUT2D eigenvalue weighted by atomic mass is 35.5. The van der Waals surface area contributed by atoms with Crippen LogP contribution >= 0.6 is 11.6 Å². The number of rotatable bonds is 5. The molecule has 2 bridgehead atoms. The van der Waals surface area contributed by atoms with Crippen molar-refractivity contribution >= 4 is 11.6 Å². The topological polar surface area (TPSA) is 86.1 Å². The van der Waals surface area contributed by atoms with Gasteiger partial charge in [-0.15, -0.1) is 0 Å². The molecule has 2 aliphatic rings. The first-order valence-corrected chi connectivity index (χ1v) is 10.3. The molecule has 0 amide bonds. The maximum Gasteiger partial charge on any atom is 0.232 e. The van der Waals surface area contributed by atoms with Gasteiger partial charge in [0.1, 0.15) is 16.9 Å². The van der Waals surface area contributed by atoms with Crippen molar-refractivity contribution in [2.24, 2.45) is 5.92 Å². The Bertz CT molecular complexity index is 908. The minimum absolute atomic E-state index is 0.108. The molecule has 3 N–H and O–H groups in total. The predicted octanol–water partition coefficient (Wildman–Crippen LogP) is 2.68. The molecule has 4 unspecified atom stereocenters. The number of halogens is 1. The Morgan fingerprint density at radius 2 is 2.17 bits per heavy atom. The van der Waals surface area contributed by atoms with Crippen molar-refractivity contribution in [3.05, 3.63) is 52.2 Å². The van der Waals surface area contributed by atoms with Crippen LogP contribution in [0.1, 0.15) is 36.1 Å². The van der Waals surface area contributed by atoms with E-state index >= 15 is 0 Å². The van der Waals surface area contributed by atoms with Crippen molar-refractivity contribution < 1.29 is 20.1 Å². The van der Waals surface area contributed by atoms with Crippen LogP contribution in [0, 0.1) is 5.92 Å². The summed E-state index contributed by atoms with van der Waals surface area (Å²) in [4.78, 5) is 6.64. The first-order chi connectivity index (χ1) is 13.8. The molecule has 4 atom stereocenters. The summed E-state index contributed by atoms with van der Waals surface area (Å²) in [6.07, 6.45) is 2.36.